The second kappa shape index (κ2) is 7.98. The van der Waals surface area contributed by atoms with Crippen molar-refractivity contribution in [2.24, 2.45) is 5.41 Å². The van der Waals surface area contributed by atoms with E-state index in [1.165, 1.54) is 11.8 Å². The van der Waals surface area contributed by atoms with Crippen LogP contribution in [0.3, 0.4) is 0 Å². The Morgan fingerprint density at radius 3 is 2.66 bits per heavy atom. The number of likely N-dealkylation sites (tertiary alicyclic amines) is 1. The molecule has 0 spiro atoms. The van der Waals surface area contributed by atoms with Crippen LogP contribution in [0.25, 0.3) is 0 Å². The molecule has 3 heterocycles. The number of imide groups is 1. The molecule has 152 valence electrons. The minimum absolute atomic E-state index is 0.0208. The number of urea groups is 1. The number of aromatic nitrogens is 2. The van der Waals surface area contributed by atoms with Crippen LogP contribution in [0.4, 0.5) is 10.6 Å². The lowest BCUT2D eigenvalue weighted by molar-refractivity contribution is -0.131. The van der Waals surface area contributed by atoms with E-state index in [-0.39, 0.29) is 18.1 Å². The third-order valence-electron chi connectivity index (χ3n) is 4.75. The largest absolute Gasteiger partial charge is 0.455 e. The molecule has 0 radical (unpaired) electrons. The summed E-state index contributed by atoms with van der Waals surface area (Å²) in [6.45, 7) is 7.32. The minimum Gasteiger partial charge on any atom is -0.455 e. The van der Waals surface area contributed by atoms with Crippen LogP contribution in [0.1, 0.15) is 38.6 Å². The van der Waals surface area contributed by atoms with Gasteiger partial charge in [-0.25, -0.2) is 9.78 Å². The molecular formula is C21H24N4O4. The van der Waals surface area contributed by atoms with Crippen LogP contribution in [0.15, 0.2) is 30.5 Å². The zero-order valence-corrected chi connectivity index (χ0v) is 17.0. The summed E-state index contributed by atoms with van der Waals surface area (Å²) >= 11 is 0. The van der Waals surface area contributed by atoms with Crippen molar-refractivity contribution in [3.63, 3.8) is 0 Å². The molecule has 0 unspecified atom stereocenters. The molecule has 3 rings (SSSR count). The predicted octanol–water partition coefficient (Wildman–Crippen LogP) is 3.50. The summed E-state index contributed by atoms with van der Waals surface area (Å²) < 4.78 is 5.84. The average molecular weight is 396 g/mol. The Hall–Kier alpha value is -3.29. The molecule has 1 fully saturated rings. The first-order valence-corrected chi connectivity index (χ1v) is 9.38. The van der Waals surface area contributed by atoms with Gasteiger partial charge in [-0.1, -0.05) is 13.8 Å². The number of carbonyl (C=O) groups excluding carboxylic acids is 3. The van der Waals surface area contributed by atoms with Gasteiger partial charge < -0.3 is 4.74 Å². The number of ketones is 1. The quantitative estimate of drug-likeness (QED) is 0.830. The van der Waals surface area contributed by atoms with Crippen LogP contribution < -0.4 is 10.1 Å². The van der Waals surface area contributed by atoms with Crippen LogP contribution in [0.2, 0.25) is 0 Å². The first kappa shape index (κ1) is 20.4. The molecule has 1 saturated heterocycles. The monoisotopic (exact) mass is 396 g/mol. The Morgan fingerprint density at radius 2 is 2.03 bits per heavy atom. The van der Waals surface area contributed by atoms with Crippen LogP contribution in [0, 0.1) is 12.3 Å². The third-order valence-corrected chi connectivity index (χ3v) is 4.75. The number of pyridine rings is 2. The maximum absolute atomic E-state index is 12.4. The van der Waals surface area contributed by atoms with Gasteiger partial charge in [0.1, 0.15) is 23.1 Å². The Bertz CT molecular complexity index is 971. The second-order valence-electron chi connectivity index (χ2n) is 7.76. The van der Waals surface area contributed by atoms with Crippen molar-refractivity contribution in [3.05, 3.63) is 41.9 Å². The van der Waals surface area contributed by atoms with Crippen LogP contribution >= 0.6 is 0 Å². The van der Waals surface area contributed by atoms with E-state index in [1.807, 2.05) is 13.8 Å². The maximum Gasteiger partial charge on any atom is 0.329 e. The molecule has 29 heavy (non-hydrogen) atoms. The summed E-state index contributed by atoms with van der Waals surface area (Å²) in [5.74, 6) is 1.23. The van der Waals surface area contributed by atoms with Crippen molar-refractivity contribution in [1.82, 2.24) is 14.9 Å². The van der Waals surface area contributed by atoms with E-state index in [2.05, 4.69) is 15.3 Å². The number of hydrogen-bond acceptors (Lipinski definition) is 6. The molecule has 8 heteroatoms. The number of ether oxygens (including phenoxy) is 1. The zero-order valence-electron chi connectivity index (χ0n) is 17.0. The highest BCUT2D eigenvalue weighted by atomic mass is 16.5. The molecule has 1 N–H and O–H groups in total. The third kappa shape index (κ3) is 4.77. The zero-order chi connectivity index (χ0) is 21.2. The average Bonchev–Trinajstić information content (AvgIpc) is 2.90. The molecule has 2 aromatic rings. The summed E-state index contributed by atoms with van der Waals surface area (Å²) in [5.41, 5.74) is 0.674. The van der Waals surface area contributed by atoms with Gasteiger partial charge in [-0.15, -0.1) is 0 Å². The Kier molecular flexibility index (Phi) is 5.63. The predicted molar refractivity (Wildman–Crippen MR) is 107 cm³/mol. The fourth-order valence-electron chi connectivity index (χ4n) is 3.06. The Balaban J connectivity index is 1.68. The lowest BCUT2D eigenvalue weighted by atomic mass is 9.92. The van der Waals surface area contributed by atoms with E-state index in [1.54, 1.807) is 37.4 Å². The SMILES string of the molecule is CC(=O)Cc1cc(Oc2ccc(NC(=O)N3CCC(C)(C)C3=O)nc2C)ccn1. The van der Waals surface area contributed by atoms with Crippen molar-refractivity contribution in [2.45, 2.75) is 40.5 Å². The number of Topliss-reactive ketones (excluding diaryl/α,β-unsaturated/α-hetero) is 1. The van der Waals surface area contributed by atoms with Crippen molar-refractivity contribution < 1.29 is 19.1 Å². The molecule has 0 saturated carbocycles. The van der Waals surface area contributed by atoms with E-state index in [4.69, 9.17) is 4.74 Å². The fraction of sp³-hybridized carbons (Fsp3) is 0.381. The van der Waals surface area contributed by atoms with Crippen molar-refractivity contribution in [1.29, 1.82) is 0 Å². The van der Waals surface area contributed by atoms with E-state index < -0.39 is 11.4 Å². The molecule has 0 atom stereocenters. The molecule has 0 aliphatic carbocycles. The van der Waals surface area contributed by atoms with E-state index in [0.717, 1.165) is 0 Å². The summed E-state index contributed by atoms with van der Waals surface area (Å²) in [5, 5.41) is 2.67. The number of rotatable bonds is 5. The van der Waals surface area contributed by atoms with Crippen molar-refractivity contribution in [3.8, 4) is 11.5 Å². The molecule has 1 aliphatic rings. The molecule has 2 aromatic heterocycles. The molecule has 0 aromatic carbocycles. The molecular weight excluding hydrogens is 372 g/mol. The number of nitrogens with zero attached hydrogens (tertiary/aromatic N) is 3. The number of carbonyl (C=O) groups is 3. The first-order chi connectivity index (χ1) is 13.7. The number of amides is 3. The topological polar surface area (TPSA) is 101 Å². The molecule has 8 nitrogen and oxygen atoms in total. The van der Waals surface area contributed by atoms with Crippen molar-refractivity contribution in [2.75, 3.05) is 11.9 Å². The van der Waals surface area contributed by atoms with Crippen molar-refractivity contribution >= 4 is 23.5 Å². The summed E-state index contributed by atoms with van der Waals surface area (Å²) in [4.78, 5) is 45.7. The van der Waals surface area contributed by atoms with Gasteiger partial charge in [0.25, 0.3) is 0 Å². The summed E-state index contributed by atoms with van der Waals surface area (Å²) in [6, 6.07) is 6.23. The van der Waals surface area contributed by atoms with Gasteiger partial charge in [-0.2, -0.15) is 0 Å². The highest BCUT2D eigenvalue weighted by molar-refractivity contribution is 6.03. The first-order valence-electron chi connectivity index (χ1n) is 9.38. The lowest BCUT2D eigenvalue weighted by Gasteiger charge is -2.18. The standard InChI is InChI=1S/C21H24N4O4/c1-13(26)11-15-12-16(7-9-22-15)29-17-5-6-18(23-14(17)2)24-20(28)25-10-8-21(3,4)19(25)27/h5-7,9,12H,8,10-11H2,1-4H3,(H,23,24,28). The normalized spacial score (nSPS) is 15.3. The highest BCUT2D eigenvalue weighted by Gasteiger charge is 2.41. The fourth-order valence-corrected chi connectivity index (χ4v) is 3.06. The number of hydrogen-bond donors (Lipinski definition) is 1. The smallest absolute Gasteiger partial charge is 0.329 e. The molecule has 3 amide bonds. The van der Waals surface area contributed by atoms with Gasteiger partial charge >= 0.3 is 6.03 Å². The van der Waals surface area contributed by atoms with E-state index in [0.29, 0.717) is 41.7 Å². The summed E-state index contributed by atoms with van der Waals surface area (Å²) in [7, 11) is 0. The Labute approximate surface area is 169 Å². The van der Waals surface area contributed by atoms with Gasteiger partial charge in [0.15, 0.2) is 0 Å². The van der Waals surface area contributed by atoms with Crippen LogP contribution in [0.5, 0.6) is 11.5 Å². The summed E-state index contributed by atoms with van der Waals surface area (Å²) in [6.07, 6.45) is 2.46. The van der Waals surface area contributed by atoms with Gasteiger partial charge in [-0.05, 0) is 38.5 Å². The second-order valence-corrected chi connectivity index (χ2v) is 7.76. The van der Waals surface area contributed by atoms with Crippen LogP contribution in [-0.4, -0.2) is 39.1 Å². The van der Waals surface area contributed by atoms with Gasteiger partial charge in [-0.3, -0.25) is 24.8 Å². The van der Waals surface area contributed by atoms with Crippen LogP contribution in [-0.2, 0) is 16.0 Å². The maximum atomic E-state index is 12.4. The number of nitrogens with one attached hydrogen (secondary N) is 1. The minimum atomic E-state index is -0.524. The Morgan fingerprint density at radius 1 is 1.28 bits per heavy atom. The number of aryl methyl sites for hydroxylation is 1. The van der Waals surface area contributed by atoms with Gasteiger partial charge in [0.2, 0.25) is 5.91 Å². The molecule has 0 bridgehead atoms. The van der Waals surface area contributed by atoms with Gasteiger partial charge in [0, 0.05) is 30.6 Å². The van der Waals surface area contributed by atoms with Gasteiger partial charge in [0.05, 0.1) is 11.4 Å². The molecule has 1 aliphatic heterocycles. The van der Waals surface area contributed by atoms with E-state index >= 15 is 0 Å². The number of anilines is 1. The highest BCUT2D eigenvalue weighted by Crippen LogP contribution is 2.31. The van der Waals surface area contributed by atoms with E-state index in [9.17, 15) is 14.4 Å². The lowest BCUT2D eigenvalue weighted by Crippen LogP contribution is -2.39.